The van der Waals surface area contributed by atoms with Gasteiger partial charge in [0.05, 0.1) is 0 Å². The lowest BCUT2D eigenvalue weighted by atomic mass is 9.98. The van der Waals surface area contributed by atoms with E-state index in [9.17, 15) is 4.39 Å². The molecular formula is C22H29FN2O2S. The fourth-order valence-electron chi connectivity index (χ4n) is 4.35. The van der Waals surface area contributed by atoms with Gasteiger partial charge < -0.3 is 9.47 Å². The van der Waals surface area contributed by atoms with Crippen molar-refractivity contribution in [3.63, 3.8) is 0 Å². The zero-order valence-electron chi connectivity index (χ0n) is 16.8. The van der Waals surface area contributed by atoms with Gasteiger partial charge in [-0.3, -0.25) is 9.88 Å². The number of rotatable bonds is 4. The van der Waals surface area contributed by atoms with Gasteiger partial charge in [-0.15, -0.1) is 0 Å². The molecule has 0 radical (unpaired) electrons. The van der Waals surface area contributed by atoms with E-state index in [0.717, 1.165) is 37.3 Å². The van der Waals surface area contributed by atoms with Crippen molar-refractivity contribution in [3.8, 4) is 11.5 Å². The molecular weight excluding hydrogens is 375 g/mol. The molecule has 1 aromatic heterocycles. The molecule has 0 saturated carbocycles. The van der Waals surface area contributed by atoms with Crippen molar-refractivity contribution in [1.82, 2.24) is 9.88 Å². The first-order valence-corrected chi connectivity index (χ1v) is 9.77. The number of pyridine rings is 1. The van der Waals surface area contributed by atoms with E-state index in [-0.39, 0.29) is 25.4 Å². The van der Waals surface area contributed by atoms with Crippen LogP contribution in [0.5, 0.6) is 11.5 Å². The van der Waals surface area contributed by atoms with Crippen LogP contribution in [0, 0.1) is 25.6 Å². The lowest BCUT2D eigenvalue weighted by Crippen LogP contribution is -2.26. The second-order valence-corrected chi connectivity index (χ2v) is 7.81. The Morgan fingerprint density at radius 3 is 2.43 bits per heavy atom. The van der Waals surface area contributed by atoms with E-state index >= 15 is 0 Å². The Morgan fingerprint density at radius 1 is 1.11 bits per heavy atom. The third-order valence-electron chi connectivity index (χ3n) is 5.64. The summed E-state index contributed by atoms with van der Waals surface area (Å²) < 4.78 is 25.8. The van der Waals surface area contributed by atoms with Crippen molar-refractivity contribution < 1.29 is 13.9 Å². The number of hydrogen-bond donors (Lipinski definition) is 0. The number of halogens is 1. The summed E-state index contributed by atoms with van der Waals surface area (Å²) in [5.74, 6) is 1.55. The van der Waals surface area contributed by atoms with Crippen LogP contribution >= 0.6 is 13.5 Å². The first kappa shape index (κ1) is 20.9. The number of likely N-dealkylation sites (tertiary alicyclic amines) is 1. The smallest absolute Gasteiger partial charge is 0.164 e. The number of aryl methyl sites for hydroxylation is 2. The van der Waals surface area contributed by atoms with Crippen LogP contribution in [0.1, 0.15) is 41.9 Å². The molecule has 0 amide bonds. The van der Waals surface area contributed by atoms with Gasteiger partial charge in [-0.2, -0.15) is 13.5 Å². The largest absolute Gasteiger partial charge is 0.486 e. The number of benzene rings is 1. The summed E-state index contributed by atoms with van der Waals surface area (Å²) in [7, 11) is 0. The zero-order valence-corrected chi connectivity index (χ0v) is 17.8. The molecule has 0 N–H and O–H groups in total. The van der Waals surface area contributed by atoms with Crippen LogP contribution in [0.15, 0.2) is 24.3 Å². The van der Waals surface area contributed by atoms with Gasteiger partial charge in [-0.05, 0) is 69.8 Å². The molecule has 2 aliphatic rings. The van der Waals surface area contributed by atoms with Crippen molar-refractivity contribution in [2.75, 3.05) is 26.3 Å². The monoisotopic (exact) mass is 404 g/mol. The maximum Gasteiger partial charge on any atom is 0.164 e. The SMILES string of the molecule is Cc1cc(C[C@H]2CCN(C(C)c3cc4c(cc3F)OCCO4)C2)cc(C)n1.S. The van der Waals surface area contributed by atoms with Crippen molar-refractivity contribution >= 4 is 13.5 Å². The van der Waals surface area contributed by atoms with E-state index in [1.807, 2.05) is 19.9 Å². The van der Waals surface area contributed by atoms with Gasteiger partial charge in [0.15, 0.2) is 11.5 Å². The lowest BCUT2D eigenvalue weighted by Gasteiger charge is -2.27. The predicted molar refractivity (Wildman–Crippen MR) is 113 cm³/mol. The van der Waals surface area contributed by atoms with Crippen LogP contribution in [-0.4, -0.2) is 36.2 Å². The van der Waals surface area contributed by atoms with Gasteiger partial charge in [0, 0.05) is 35.6 Å². The molecule has 1 saturated heterocycles. The molecule has 2 atom stereocenters. The molecule has 2 aliphatic heterocycles. The summed E-state index contributed by atoms with van der Waals surface area (Å²) in [6.45, 7) is 9.14. The molecule has 28 heavy (non-hydrogen) atoms. The fraction of sp³-hybridized carbons (Fsp3) is 0.500. The summed E-state index contributed by atoms with van der Waals surface area (Å²) in [5, 5.41) is 0. The highest BCUT2D eigenvalue weighted by molar-refractivity contribution is 7.59. The Hall–Kier alpha value is -1.79. The zero-order chi connectivity index (χ0) is 19.0. The van der Waals surface area contributed by atoms with Gasteiger partial charge in [0.25, 0.3) is 0 Å². The van der Waals surface area contributed by atoms with Crippen molar-refractivity contribution in [2.45, 2.75) is 39.7 Å². The topological polar surface area (TPSA) is 34.6 Å². The Bertz CT molecular complexity index is 825. The second-order valence-electron chi connectivity index (χ2n) is 7.81. The van der Waals surface area contributed by atoms with Gasteiger partial charge in [0.1, 0.15) is 19.0 Å². The maximum absolute atomic E-state index is 14.6. The minimum Gasteiger partial charge on any atom is -0.486 e. The van der Waals surface area contributed by atoms with Crippen LogP contribution in [0.4, 0.5) is 4.39 Å². The quantitative estimate of drug-likeness (QED) is 0.759. The molecule has 4 nitrogen and oxygen atoms in total. The predicted octanol–water partition coefficient (Wildman–Crippen LogP) is 4.35. The third-order valence-corrected chi connectivity index (χ3v) is 5.64. The first-order valence-electron chi connectivity index (χ1n) is 9.77. The van der Waals surface area contributed by atoms with Crippen LogP contribution in [0.25, 0.3) is 0 Å². The Balaban J connectivity index is 0.00000225. The van der Waals surface area contributed by atoms with E-state index in [4.69, 9.17) is 9.47 Å². The number of fused-ring (bicyclic) bond motifs is 1. The number of aromatic nitrogens is 1. The molecule has 1 fully saturated rings. The van der Waals surface area contributed by atoms with Crippen molar-refractivity contribution in [1.29, 1.82) is 0 Å². The molecule has 4 rings (SSSR count). The summed E-state index contributed by atoms with van der Waals surface area (Å²) in [6, 6.07) is 7.67. The Morgan fingerprint density at radius 2 is 1.75 bits per heavy atom. The Kier molecular flexibility index (Phi) is 6.50. The summed E-state index contributed by atoms with van der Waals surface area (Å²) in [6.07, 6.45) is 2.19. The highest BCUT2D eigenvalue weighted by Crippen LogP contribution is 2.37. The molecule has 0 spiro atoms. The van der Waals surface area contributed by atoms with E-state index in [1.54, 1.807) is 0 Å². The van der Waals surface area contributed by atoms with Crippen LogP contribution in [-0.2, 0) is 6.42 Å². The minimum atomic E-state index is -0.212. The van der Waals surface area contributed by atoms with Gasteiger partial charge in [-0.1, -0.05) is 0 Å². The normalized spacial score (nSPS) is 19.9. The summed E-state index contributed by atoms with van der Waals surface area (Å²) in [4.78, 5) is 6.84. The van der Waals surface area contributed by atoms with E-state index < -0.39 is 0 Å². The maximum atomic E-state index is 14.6. The van der Waals surface area contributed by atoms with Crippen LogP contribution in [0.2, 0.25) is 0 Å². The number of hydrogen-bond acceptors (Lipinski definition) is 4. The molecule has 6 heteroatoms. The van der Waals surface area contributed by atoms with Gasteiger partial charge in [-0.25, -0.2) is 4.39 Å². The highest BCUT2D eigenvalue weighted by Gasteiger charge is 2.29. The van der Waals surface area contributed by atoms with Crippen molar-refractivity contribution in [2.24, 2.45) is 5.92 Å². The lowest BCUT2D eigenvalue weighted by molar-refractivity contribution is 0.169. The number of nitrogens with zero attached hydrogens (tertiary/aromatic N) is 2. The average molecular weight is 405 g/mol. The molecule has 0 aliphatic carbocycles. The highest BCUT2D eigenvalue weighted by atomic mass is 32.1. The van der Waals surface area contributed by atoms with E-state index in [2.05, 4.69) is 28.9 Å². The van der Waals surface area contributed by atoms with Crippen LogP contribution < -0.4 is 9.47 Å². The summed E-state index contributed by atoms with van der Waals surface area (Å²) >= 11 is 0. The molecule has 152 valence electrons. The van der Waals surface area contributed by atoms with E-state index in [1.165, 1.54) is 11.6 Å². The molecule has 2 aromatic rings. The Labute approximate surface area is 173 Å². The fourth-order valence-corrected chi connectivity index (χ4v) is 4.35. The average Bonchev–Trinajstić information content (AvgIpc) is 3.08. The summed E-state index contributed by atoms with van der Waals surface area (Å²) in [5.41, 5.74) is 4.19. The molecule has 1 unspecified atom stereocenters. The van der Waals surface area contributed by atoms with Gasteiger partial charge in [0.2, 0.25) is 0 Å². The van der Waals surface area contributed by atoms with Crippen LogP contribution in [0.3, 0.4) is 0 Å². The standard InChI is InChI=1S/C22H27FN2O2.H2S/c1-14-8-18(9-15(2)24-14)10-17-4-5-25(13-17)16(3)19-11-21-22(12-20(19)23)27-7-6-26-21;/h8-9,11-12,16-17H,4-7,10,13H2,1-3H3;1H2/t16?,17-;/m1./s1. The molecule has 1 aromatic carbocycles. The number of ether oxygens (including phenoxy) is 2. The van der Waals surface area contributed by atoms with E-state index in [0.29, 0.717) is 36.2 Å². The van der Waals surface area contributed by atoms with Gasteiger partial charge >= 0.3 is 0 Å². The second kappa shape index (κ2) is 8.70. The van der Waals surface area contributed by atoms with Crippen molar-refractivity contribution in [3.05, 3.63) is 52.6 Å². The third kappa shape index (κ3) is 4.44. The minimum absolute atomic E-state index is 0. The first-order chi connectivity index (χ1) is 13.0. The molecule has 3 heterocycles. The molecule has 0 bridgehead atoms.